The summed E-state index contributed by atoms with van der Waals surface area (Å²) in [4.78, 5) is 72.9. The Bertz CT molecular complexity index is 3490. The maximum absolute atomic E-state index is 5.83. The molecule has 2 aliphatic heterocycles. The largest absolute Gasteiger partial charge is 0.324 e. The van der Waals surface area contributed by atoms with Gasteiger partial charge in [-0.3, -0.25) is 0 Å². The van der Waals surface area contributed by atoms with Crippen LogP contribution in [0.2, 0.25) is 0 Å². The smallest absolute Gasteiger partial charge is 0.164 e. The molecule has 104 heavy (non-hydrogen) atoms. The average Bonchev–Trinajstić information content (AvgIpc) is 1.59. The van der Waals surface area contributed by atoms with Crippen LogP contribution in [-0.2, 0) is 0 Å². The van der Waals surface area contributed by atoms with Crippen molar-refractivity contribution in [3.8, 4) is 45.6 Å². The van der Waals surface area contributed by atoms with Gasteiger partial charge in [-0.05, 0) is 153 Å². The SMILES string of the molecule is CCN(CC)CCSc1cc2c(cc1SCCN(CC)CC)-c1nc-2nc2[nH]c(nc3nc(nc4[nH]c(n1)c1cc(SCCN(CC)CC)c(SCCN(CC)CC)cc41)-c1cc(SCCN(CC)CC)c(SCCN(CC)CC)cc1-3)c1cc(SCCN(CC)CC)c(SCCN(CC)CC)cc21. The van der Waals surface area contributed by atoms with E-state index in [2.05, 4.69) is 208 Å². The van der Waals surface area contributed by atoms with E-state index < -0.39 is 0 Å². The number of hydrogen-bond donors (Lipinski definition) is 2. The summed E-state index contributed by atoms with van der Waals surface area (Å²) in [7, 11) is 0. The normalized spacial score (nSPS) is 12.5. The van der Waals surface area contributed by atoms with Crippen molar-refractivity contribution < 1.29 is 0 Å². The topological polar surface area (TPSA) is 135 Å². The molecule has 0 saturated heterocycles. The molecule has 0 atom stereocenters. The lowest BCUT2D eigenvalue weighted by Gasteiger charge is -2.19. The first-order valence-electron chi connectivity index (χ1n) is 39.1. The molecule has 2 aliphatic rings. The van der Waals surface area contributed by atoms with Crippen LogP contribution in [0.5, 0.6) is 0 Å². The summed E-state index contributed by atoms with van der Waals surface area (Å²) in [6.45, 7) is 60.8. The molecule has 2 N–H and O–H groups in total. The Hall–Kier alpha value is -3.28. The van der Waals surface area contributed by atoms with Crippen LogP contribution in [-0.4, -0.2) is 282 Å². The second-order valence-corrected chi connectivity index (χ2v) is 35.1. The van der Waals surface area contributed by atoms with Gasteiger partial charge in [-0.1, -0.05) is 111 Å². The number of fused-ring (bicyclic) bond motifs is 20. The molecular weight excluding hydrogens is 1440 g/mol. The number of nitrogens with zero attached hydrogens (tertiary/aromatic N) is 14. The number of thioether (sulfide) groups is 8. The highest BCUT2D eigenvalue weighted by molar-refractivity contribution is 8.03. The number of nitrogens with one attached hydrogen (secondary N) is 2. The fraction of sp³-hybridized carbons (Fsp3) is 0.600. The van der Waals surface area contributed by atoms with Gasteiger partial charge in [0, 0.05) is 181 Å². The molecule has 16 nitrogen and oxygen atoms in total. The van der Waals surface area contributed by atoms with Gasteiger partial charge in [0.15, 0.2) is 23.3 Å². The Kier molecular flexibility index (Phi) is 35.8. The minimum absolute atomic E-state index is 0.635. The van der Waals surface area contributed by atoms with Crippen molar-refractivity contribution in [3.63, 3.8) is 0 Å². The lowest BCUT2D eigenvalue weighted by molar-refractivity contribution is 0.323. The highest BCUT2D eigenvalue weighted by Crippen LogP contribution is 2.47. The highest BCUT2D eigenvalue weighted by atomic mass is 32.2. The quantitative estimate of drug-likeness (QED) is 0.0350. The number of benzene rings is 4. The van der Waals surface area contributed by atoms with Gasteiger partial charge in [0.2, 0.25) is 0 Å². The predicted molar refractivity (Wildman–Crippen MR) is 464 cm³/mol. The van der Waals surface area contributed by atoms with E-state index in [4.69, 9.17) is 29.9 Å². The molecule has 0 aliphatic carbocycles. The van der Waals surface area contributed by atoms with E-state index in [0.29, 0.717) is 23.3 Å². The van der Waals surface area contributed by atoms with E-state index in [9.17, 15) is 0 Å². The minimum Gasteiger partial charge on any atom is -0.324 e. The van der Waals surface area contributed by atoms with E-state index in [0.717, 1.165) is 269 Å². The third kappa shape index (κ3) is 22.5. The molecule has 24 heteroatoms. The van der Waals surface area contributed by atoms with Crippen LogP contribution in [0, 0.1) is 0 Å². The summed E-state index contributed by atoms with van der Waals surface area (Å²) >= 11 is 15.6. The molecule has 3 aromatic heterocycles. The zero-order valence-corrected chi connectivity index (χ0v) is 72.3. The molecule has 570 valence electrons. The van der Waals surface area contributed by atoms with E-state index in [1.54, 1.807) is 0 Å². The van der Waals surface area contributed by atoms with E-state index in [-0.39, 0.29) is 0 Å². The summed E-state index contributed by atoms with van der Waals surface area (Å²) < 4.78 is 0. The van der Waals surface area contributed by atoms with E-state index >= 15 is 0 Å². The molecule has 0 amide bonds. The van der Waals surface area contributed by atoms with Crippen LogP contribution in [0.25, 0.3) is 89.7 Å². The maximum atomic E-state index is 5.83. The summed E-state index contributed by atoms with van der Waals surface area (Å²) in [6, 6.07) is 19.2. The van der Waals surface area contributed by atoms with Gasteiger partial charge < -0.3 is 49.2 Å². The maximum Gasteiger partial charge on any atom is 0.164 e. The zero-order chi connectivity index (χ0) is 74.1. The summed E-state index contributed by atoms with van der Waals surface area (Å²) in [5.41, 5.74) is 6.82. The van der Waals surface area contributed by atoms with E-state index in [1.165, 1.54) is 39.2 Å². The molecule has 9 rings (SSSR count). The second kappa shape index (κ2) is 43.9. The Morgan fingerprint density at radius 1 is 0.212 bits per heavy atom. The van der Waals surface area contributed by atoms with Crippen molar-refractivity contribution in [3.05, 3.63) is 48.5 Å². The number of rotatable bonds is 48. The Morgan fingerprint density at radius 2 is 0.356 bits per heavy atom. The van der Waals surface area contributed by atoms with Crippen LogP contribution in [0.1, 0.15) is 111 Å². The summed E-state index contributed by atoms with van der Waals surface area (Å²) in [5.74, 6) is 10.3. The average molecular weight is 1560 g/mol. The van der Waals surface area contributed by atoms with Crippen LogP contribution in [0.4, 0.5) is 0 Å². The monoisotopic (exact) mass is 1560 g/mol. The third-order valence-corrected chi connectivity index (χ3v) is 29.4. The van der Waals surface area contributed by atoms with Crippen molar-refractivity contribution in [2.45, 2.75) is 150 Å². The number of aromatic nitrogens is 8. The molecular formula is C80H122N16S8. The lowest BCUT2D eigenvalue weighted by atomic mass is 10.1. The third-order valence-electron chi connectivity index (χ3n) is 20.6. The Labute approximate surface area is 659 Å². The minimum atomic E-state index is 0.635. The first-order chi connectivity index (χ1) is 50.8. The van der Waals surface area contributed by atoms with Crippen molar-refractivity contribution in [1.29, 1.82) is 0 Å². The number of aromatic amines is 2. The number of hydrogen-bond acceptors (Lipinski definition) is 22. The van der Waals surface area contributed by atoms with Gasteiger partial charge in [-0.2, -0.15) is 0 Å². The first kappa shape index (κ1) is 84.7. The Morgan fingerprint density at radius 3 is 0.500 bits per heavy atom. The van der Waals surface area contributed by atoms with Gasteiger partial charge >= 0.3 is 0 Å². The van der Waals surface area contributed by atoms with Crippen LogP contribution >= 0.6 is 94.1 Å². The van der Waals surface area contributed by atoms with Gasteiger partial charge in [-0.15, -0.1) is 94.1 Å². The molecule has 8 bridgehead atoms. The van der Waals surface area contributed by atoms with Gasteiger partial charge in [0.05, 0.1) is 0 Å². The zero-order valence-electron chi connectivity index (χ0n) is 65.8. The molecule has 0 unspecified atom stereocenters. The fourth-order valence-electron chi connectivity index (χ4n) is 13.3. The molecule has 5 heterocycles. The van der Waals surface area contributed by atoms with E-state index in [1.807, 2.05) is 94.1 Å². The highest BCUT2D eigenvalue weighted by Gasteiger charge is 2.28. The fourth-order valence-corrected chi connectivity index (χ4v) is 22.5. The first-order valence-corrected chi connectivity index (χ1v) is 47.0. The van der Waals surface area contributed by atoms with Crippen molar-refractivity contribution >= 4 is 138 Å². The molecule has 0 spiro atoms. The predicted octanol–water partition coefficient (Wildman–Crippen LogP) is 18.3. The molecule has 0 radical (unpaired) electrons. The molecule has 4 aromatic carbocycles. The van der Waals surface area contributed by atoms with Gasteiger partial charge in [-0.25, -0.2) is 29.9 Å². The molecule has 7 aromatic rings. The summed E-state index contributed by atoms with van der Waals surface area (Å²) in [5, 5.41) is 4.04. The lowest BCUT2D eigenvalue weighted by Crippen LogP contribution is -2.25. The summed E-state index contributed by atoms with van der Waals surface area (Å²) in [6.07, 6.45) is 0. The van der Waals surface area contributed by atoms with Crippen LogP contribution < -0.4 is 0 Å². The Balaban J connectivity index is 1.41. The van der Waals surface area contributed by atoms with Gasteiger partial charge in [0.25, 0.3) is 0 Å². The van der Waals surface area contributed by atoms with Crippen LogP contribution in [0.3, 0.4) is 0 Å². The van der Waals surface area contributed by atoms with Crippen molar-refractivity contribution in [1.82, 2.24) is 79.1 Å². The van der Waals surface area contributed by atoms with Crippen molar-refractivity contribution in [2.75, 3.05) is 203 Å². The molecule has 0 fully saturated rings. The van der Waals surface area contributed by atoms with Gasteiger partial charge in [0.1, 0.15) is 22.6 Å². The standard InChI is InChI=1S/C80H122N16S8/c1-17-89(18-2)33-41-97-65-49-57-58(50-66(65)98-42-34-90(19-3)20-4)74-81-73(57)85-75-59-51-67(99-43-35-91(21-5)22-6)68(100-44-36-92(23-7)24-8)52-60(59)77(82-75)87-79-63-55-71(103-47-39-95(29-13)30-14)72(104-48-40-96(31-15)32-16)56-64(63)80(84-79)88-78-62-54-70(102-46-38-94(27-11)28-12)69(53-61(62)76(83-78)86-74)101-45-37-93(25-9)26-10/h49-56H,17-48H2,1-16H3,(H2,81,82,83,84,85,86,87,88). The number of H-pyrrole nitrogens is 2. The second-order valence-electron chi connectivity index (χ2n) is 26.0. The molecule has 0 saturated carbocycles. The van der Waals surface area contributed by atoms with Crippen LogP contribution in [0.15, 0.2) is 87.7 Å². The van der Waals surface area contributed by atoms with Crippen molar-refractivity contribution in [2.24, 2.45) is 0 Å².